The molecule has 0 spiro atoms. The molecule has 26 heavy (non-hydrogen) atoms. The maximum atomic E-state index is 12.6. The molecule has 146 valence electrons. The highest BCUT2D eigenvalue weighted by Gasteiger charge is 2.28. The van der Waals surface area contributed by atoms with Gasteiger partial charge in [-0.25, -0.2) is 0 Å². The number of methoxy groups -OCH3 is 1. The quantitative estimate of drug-likeness (QED) is 0.673. The van der Waals surface area contributed by atoms with Crippen LogP contribution in [0.2, 0.25) is 0 Å². The summed E-state index contributed by atoms with van der Waals surface area (Å²) in [6, 6.07) is 7.08. The average molecular weight is 364 g/mol. The first-order valence-electron chi connectivity index (χ1n) is 8.87. The van der Waals surface area contributed by atoms with E-state index in [4.69, 9.17) is 14.2 Å². The first kappa shape index (κ1) is 22.0. The number of hydrogen-bond donors (Lipinski definition) is 0. The van der Waals surface area contributed by atoms with Crippen molar-refractivity contribution in [1.29, 1.82) is 0 Å². The summed E-state index contributed by atoms with van der Waals surface area (Å²) >= 11 is 0. The van der Waals surface area contributed by atoms with E-state index < -0.39 is 17.9 Å². The molecule has 0 saturated carbocycles. The molecular weight excluding hydrogens is 332 g/mol. The van der Waals surface area contributed by atoms with Crippen molar-refractivity contribution in [2.45, 2.75) is 53.9 Å². The number of rotatable bonds is 7. The summed E-state index contributed by atoms with van der Waals surface area (Å²) in [5.74, 6) is -0.840. The lowest BCUT2D eigenvalue weighted by molar-refractivity contribution is -0.155. The van der Waals surface area contributed by atoms with Gasteiger partial charge in [0.15, 0.2) is 0 Å². The Morgan fingerprint density at radius 3 is 1.85 bits per heavy atom. The zero-order chi connectivity index (χ0) is 20.0. The molecule has 1 unspecified atom stereocenters. The van der Waals surface area contributed by atoms with Gasteiger partial charge in [-0.05, 0) is 28.5 Å². The van der Waals surface area contributed by atoms with Crippen LogP contribution in [0.15, 0.2) is 24.3 Å². The van der Waals surface area contributed by atoms with Crippen LogP contribution < -0.4 is 4.74 Å². The molecular formula is C21H32O5. The van der Waals surface area contributed by atoms with Crippen LogP contribution in [-0.4, -0.2) is 32.3 Å². The fourth-order valence-electron chi connectivity index (χ4n) is 2.08. The van der Waals surface area contributed by atoms with Gasteiger partial charge < -0.3 is 14.2 Å². The van der Waals surface area contributed by atoms with Gasteiger partial charge in [-0.2, -0.15) is 0 Å². The molecule has 1 rings (SSSR count). The minimum absolute atomic E-state index is 0.0502. The van der Waals surface area contributed by atoms with E-state index in [0.29, 0.717) is 17.9 Å². The van der Waals surface area contributed by atoms with E-state index in [1.807, 2.05) is 41.5 Å². The van der Waals surface area contributed by atoms with Gasteiger partial charge in [-0.1, -0.05) is 53.7 Å². The fraction of sp³-hybridized carbons (Fsp3) is 0.619. The van der Waals surface area contributed by atoms with Gasteiger partial charge in [0.25, 0.3) is 0 Å². The average Bonchev–Trinajstić information content (AvgIpc) is 2.54. The Bertz CT molecular complexity index is 590. The highest BCUT2D eigenvalue weighted by molar-refractivity contribution is 5.84. The molecule has 5 nitrogen and oxygen atoms in total. The van der Waals surface area contributed by atoms with E-state index in [2.05, 4.69) is 0 Å². The molecule has 0 fully saturated rings. The van der Waals surface area contributed by atoms with Gasteiger partial charge in [0.1, 0.15) is 5.75 Å². The summed E-state index contributed by atoms with van der Waals surface area (Å²) in [6.07, 6.45) is -0.0502. The van der Waals surface area contributed by atoms with E-state index in [1.165, 1.54) is 0 Å². The number of ether oxygens (including phenoxy) is 3. The van der Waals surface area contributed by atoms with Crippen LogP contribution >= 0.6 is 0 Å². The van der Waals surface area contributed by atoms with E-state index in [0.717, 1.165) is 0 Å². The van der Waals surface area contributed by atoms with Crippen molar-refractivity contribution in [3.63, 3.8) is 0 Å². The molecule has 0 aliphatic heterocycles. The minimum Gasteiger partial charge on any atom is -0.497 e. The molecule has 0 aromatic heterocycles. The molecule has 0 bridgehead atoms. The Hall–Kier alpha value is -2.04. The molecule has 0 radical (unpaired) electrons. The summed E-state index contributed by atoms with van der Waals surface area (Å²) in [6.45, 7) is 12.5. The lowest BCUT2D eigenvalue weighted by Gasteiger charge is -2.22. The summed E-state index contributed by atoms with van der Waals surface area (Å²) < 4.78 is 15.9. The summed E-state index contributed by atoms with van der Waals surface area (Å²) in [4.78, 5) is 24.9. The Kier molecular flexibility index (Phi) is 7.67. The molecule has 0 aliphatic rings. The summed E-state index contributed by atoms with van der Waals surface area (Å²) in [5.41, 5.74) is 0.433. The highest BCUT2D eigenvalue weighted by Crippen LogP contribution is 2.26. The molecule has 0 aliphatic carbocycles. The number of hydrogen-bond acceptors (Lipinski definition) is 5. The normalized spacial score (nSPS) is 13.0. The second kappa shape index (κ2) is 9.06. The van der Waals surface area contributed by atoms with Crippen LogP contribution in [0.5, 0.6) is 5.75 Å². The topological polar surface area (TPSA) is 61.8 Å². The largest absolute Gasteiger partial charge is 0.497 e. The molecule has 0 saturated heterocycles. The van der Waals surface area contributed by atoms with Crippen LogP contribution in [0, 0.1) is 10.8 Å². The molecule has 1 aromatic rings. The van der Waals surface area contributed by atoms with Gasteiger partial charge in [-0.15, -0.1) is 0 Å². The van der Waals surface area contributed by atoms with Gasteiger partial charge in [0.05, 0.1) is 32.7 Å². The standard InChI is InChI=1S/C21H32O5/c1-20(2,3)13-25-18(22)12-17(19(23)26-14-21(4,5)6)15-8-10-16(24-7)11-9-15/h8-11,17H,12-14H2,1-7H3. The van der Waals surface area contributed by atoms with Crippen molar-refractivity contribution in [3.8, 4) is 5.75 Å². The van der Waals surface area contributed by atoms with Crippen LogP contribution in [-0.2, 0) is 19.1 Å². The SMILES string of the molecule is COc1ccc(C(CC(=O)OCC(C)(C)C)C(=O)OCC(C)(C)C)cc1. The predicted molar refractivity (Wildman–Crippen MR) is 101 cm³/mol. The lowest BCUT2D eigenvalue weighted by Crippen LogP contribution is -2.26. The summed E-state index contributed by atoms with van der Waals surface area (Å²) in [7, 11) is 1.58. The fourth-order valence-corrected chi connectivity index (χ4v) is 2.08. The Labute approximate surface area is 157 Å². The van der Waals surface area contributed by atoms with E-state index in [-0.39, 0.29) is 23.9 Å². The van der Waals surface area contributed by atoms with E-state index in [1.54, 1.807) is 31.4 Å². The second-order valence-electron chi connectivity index (χ2n) is 8.92. The van der Waals surface area contributed by atoms with Crippen LogP contribution in [0.4, 0.5) is 0 Å². The Morgan fingerprint density at radius 1 is 0.885 bits per heavy atom. The molecule has 0 amide bonds. The van der Waals surface area contributed by atoms with Crippen LogP contribution in [0.1, 0.15) is 59.4 Å². The number of benzene rings is 1. The third-order valence-electron chi connectivity index (χ3n) is 3.49. The second-order valence-corrected chi connectivity index (χ2v) is 8.92. The van der Waals surface area contributed by atoms with E-state index >= 15 is 0 Å². The molecule has 0 N–H and O–H groups in total. The smallest absolute Gasteiger partial charge is 0.314 e. The maximum Gasteiger partial charge on any atom is 0.314 e. The highest BCUT2D eigenvalue weighted by atomic mass is 16.5. The monoisotopic (exact) mass is 364 g/mol. The van der Waals surface area contributed by atoms with E-state index in [9.17, 15) is 9.59 Å². The zero-order valence-corrected chi connectivity index (χ0v) is 17.0. The van der Waals surface area contributed by atoms with Crippen molar-refractivity contribution in [2.24, 2.45) is 10.8 Å². The van der Waals surface area contributed by atoms with Crippen molar-refractivity contribution in [3.05, 3.63) is 29.8 Å². The number of carbonyl (C=O) groups is 2. The maximum absolute atomic E-state index is 12.6. The Balaban J connectivity index is 2.89. The number of carbonyl (C=O) groups excluding carboxylic acids is 2. The Morgan fingerprint density at radius 2 is 1.38 bits per heavy atom. The molecule has 5 heteroatoms. The van der Waals surface area contributed by atoms with Gasteiger partial charge in [0.2, 0.25) is 0 Å². The third-order valence-corrected chi connectivity index (χ3v) is 3.49. The van der Waals surface area contributed by atoms with Gasteiger partial charge in [-0.3, -0.25) is 9.59 Å². The van der Waals surface area contributed by atoms with Crippen molar-refractivity contribution >= 4 is 11.9 Å². The summed E-state index contributed by atoms with van der Waals surface area (Å²) in [5, 5.41) is 0. The predicted octanol–water partition coefficient (Wildman–Crippen LogP) is 4.35. The van der Waals surface area contributed by atoms with Crippen LogP contribution in [0.3, 0.4) is 0 Å². The van der Waals surface area contributed by atoms with Crippen molar-refractivity contribution < 1.29 is 23.8 Å². The molecule has 0 heterocycles. The first-order chi connectivity index (χ1) is 11.9. The van der Waals surface area contributed by atoms with Crippen molar-refractivity contribution in [2.75, 3.05) is 20.3 Å². The minimum atomic E-state index is -0.698. The zero-order valence-electron chi connectivity index (χ0n) is 17.0. The van der Waals surface area contributed by atoms with Crippen LogP contribution in [0.25, 0.3) is 0 Å². The lowest BCUT2D eigenvalue weighted by atomic mass is 9.94. The first-order valence-corrected chi connectivity index (χ1v) is 8.87. The third kappa shape index (κ3) is 8.37. The molecule has 1 aromatic carbocycles. The van der Waals surface area contributed by atoms with Gasteiger partial charge >= 0.3 is 11.9 Å². The van der Waals surface area contributed by atoms with Gasteiger partial charge in [0, 0.05) is 0 Å². The molecule has 1 atom stereocenters. The number of esters is 2. The van der Waals surface area contributed by atoms with Crippen molar-refractivity contribution in [1.82, 2.24) is 0 Å².